The Balaban J connectivity index is 3.03. The molecule has 0 heterocycles. The zero-order valence-electron chi connectivity index (χ0n) is 22.7. The van der Waals surface area contributed by atoms with Crippen LogP contribution in [0, 0.1) is 5.92 Å². The van der Waals surface area contributed by atoms with Crippen LogP contribution in [-0.4, -0.2) is 58.0 Å². The van der Waals surface area contributed by atoms with Gasteiger partial charge in [0.05, 0.1) is 6.61 Å². The van der Waals surface area contributed by atoms with E-state index >= 15 is 0 Å². The molecule has 0 aliphatic rings. The Morgan fingerprint density at radius 3 is 1.69 bits per heavy atom. The van der Waals surface area contributed by atoms with Crippen molar-refractivity contribution in [1.29, 1.82) is 0 Å². The number of nitrogens with one attached hydrogen (secondary N) is 2. The van der Waals surface area contributed by atoms with Crippen molar-refractivity contribution in [2.75, 3.05) is 45.9 Å². The van der Waals surface area contributed by atoms with E-state index in [1.807, 2.05) is 0 Å². The van der Waals surface area contributed by atoms with E-state index in [-0.39, 0.29) is 0 Å². The Kier molecular flexibility index (Phi) is 19.0. The van der Waals surface area contributed by atoms with Gasteiger partial charge in [0.1, 0.15) is 5.75 Å². The van der Waals surface area contributed by atoms with Crippen LogP contribution in [0.1, 0.15) is 76.3 Å². The van der Waals surface area contributed by atoms with Gasteiger partial charge >= 0.3 is 0 Å². The maximum atomic E-state index is 6.39. The van der Waals surface area contributed by atoms with E-state index in [0.29, 0.717) is 44.2 Å². The van der Waals surface area contributed by atoms with E-state index in [4.69, 9.17) is 27.7 Å². The Morgan fingerprint density at radius 1 is 0.714 bits per heavy atom. The van der Waals surface area contributed by atoms with Gasteiger partial charge in [-0.15, -0.1) is 0 Å². The second kappa shape index (κ2) is 20.9. The van der Waals surface area contributed by atoms with Crippen molar-refractivity contribution in [3.63, 3.8) is 0 Å². The molecule has 0 spiro atoms. The molecule has 0 bridgehead atoms. The van der Waals surface area contributed by atoms with Crippen LogP contribution in [-0.2, 0) is 12.8 Å². The van der Waals surface area contributed by atoms with Gasteiger partial charge in [-0.25, -0.2) is 0 Å². The van der Waals surface area contributed by atoms with E-state index in [9.17, 15) is 0 Å². The van der Waals surface area contributed by atoms with Crippen molar-refractivity contribution in [1.82, 2.24) is 10.6 Å². The molecule has 1 rings (SSSR count). The van der Waals surface area contributed by atoms with Gasteiger partial charge in [-0.3, -0.25) is 0 Å². The molecule has 3 unspecified atom stereocenters. The molecule has 0 aliphatic carbocycles. The smallest absolute Gasteiger partial charge is 0.119 e. The average Bonchev–Trinajstić information content (AvgIpc) is 2.84. The van der Waals surface area contributed by atoms with E-state index < -0.39 is 0 Å². The minimum Gasteiger partial charge on any atom is -0.493 e. The van der Waals surface area contributed by atoms with Crippen LogP contribution in [0.25, 0.3) is 0 Å². The third kappa shape index (κ3) is 14.8. The van der Waals surface area contributed by atoms with Crippen molar-refractivity contribution in [2.45, 2.75) is 90.1 Å². The van der Waals surface area contributed by atoms with Crippen molar-refractivity contribution in [3.05, 3.63) is 29.3 Å². The molecule has 1 aromatic rings. The summed E-state index contributed by atoms with van der Waals surface area (Å²) in [7, 11) is 0. The third-order valence-electron chi connectivity index (χ3n) is 6.68. The van der Waals surface area contributed by atoms with Crippen LogP contribution in [0.5, 0.6) is 5.75 Å². The predicted octanol–water partition coefficient (Wildman–Crippen LogP) is 2.68. The summed E-state index contributed by atoms with van der Waals surface area (Å²) in [6, 6.07) is 7.47. The zero-order chi connectivity index (χ0) is 25.7. The lowest BCUT2D eigenvalue weighted by molar-refractivity contribution is 0.233. The normalized spacial score (nSPS) is 14.1. The van der Waals surface area contributed by atoms with Gasteiger partial charge in [0.2, 0.25) is 0 Å². The standard InChI is InChI=1S/C28H56N6O/c1-3-5-8-23(4-2)22-35-28-20-24(18-26(9-13-31)33-15-6-11-29)17-25(21-28)19-27(10-14-32)34-16-7-12-30/h17,20-21,23,26-27,33-34H,3-16,18-19,22,29-32H2,1-2H3. The number of benzene rings is 1. The van der Waals surface area contributed by atoms with Crippen molar-refractivity contribution >= 4 is 0 Å². The zero-order valence-corrected chi connectivity index (χ0v) is 22.7. The van der Waals surface area contributed by atoms with E-state index in [0.717, 1.165) is 70.4 Å². The molecule has 0 aliphatic heterocycles. The third-order valence-corrected chi connectivity index (χ3v) is 6.68. The largest absolute Gasteiger partial charge is 0.493 e. The fourth-order valence-corrected chi connectivity index (χ4v) is 4.50. The fourth-order valence-electron chi connectivity index (χ4n) is 4.50. The molecule has 0 amide bonds. The SMILES string of the molecule is CCCCC(CC)COc1cc(CC(CCN)NCCCN)cc(CC(CCN)NCCCN)c1. The molecule has 0 aromatic heterocycles. The second-order valence-electron chi connectivity index (χ2n) is 9.86. The highest BCUT2D eigenvalue weighted by molar-refractivity contribution is 5.35. The minimum absolute atomic E-state index is 0.338. The molecular formula is C28H56N6O. The average molecular weight is 493 g/mol. The molecule has 10 N–H and O–H groups in total. The molecule has 3 atom stereocenters. The first-order valence-electron chi connectivity index (χ1n) is 14.1. The number of hydrogen-bond donors (Lipinski definition) is 6. The van der Waals surface area contributed by atoms with Gasteiger partial charge in [-0.05, 0) is 113 Å². The fraction of sp³-hybridized carbons (Fsp3) is 0.786. The lowest BCUT2D eigenvalue weighted by Gasteiger charge is -2.22. The highest BCUT2D eigenvalue weighted by atomic mass is 16.5. The molecule has 1 aromatic carbocycles. The summed E-state index contributed by atoms with van der Waals surface area (Å²) in [6.07, 6.45) is 10.6. The van der Waals surface area contributed by atoms with E-state index in [2.05, 4.69) is 42.7 Å². The van der Waals surface area contributed by atoms with Crippen LogP contribution in [0.15, 0.2) is 18.2 Å². The van der Waals surface area contributed by atoms with Gasteiger partial charge in [-0.2, -0.15) is 0 Å². The molecule has 0 saturated carbocycles. The Hall–Kier alpha value is -1.22. The molecular weight excluding hydrogens is 436 g/mol. The van der Waals surface area contributed by atoms with Crippen molar-refractivity contribution in [2.24, 2.45) is 28.9 Å². The summed E-state index contributed by atoms with van der Waals surface area (Å²) < 4.78 is 6.39. The molecule has 204 valence electrons. The first-order chi connectivity index (χ1) is 17.1. The first-order valence-corrected chi connectivity index (χ1v) is 14.1. The van der Waals surface area contributed by atoms with Crippen molar-refractivity contribution < 1.29 is 4.74 Å². The van der Waals surface area contributed by atoms with Gasteiger partial charge in [-0.1, -0.05) is 39.2 Å². The lowest BCUT2D eigenvalue weighted by Crippen LogP contribution is -2.35. The maximum absolute atomic E-state index is 6.39. The molecule has 7 heteroatoms. The van der Waals surface area contributed by atoms with Crippen LogP contribution in [0.4, 0.5) is 0 Å². The molecule has 7 nitrogen and oxygen atoms in total. The van der Waals surface area contributed by atoms with Gasteiger partial charge in [0.25, 0.3) is 0 Å². The molecule has 0 radical (unpaired) electrons. The highest BCUT2D eigenvalue weighted by Crippen LogP contribution is 2.23. The van der Waals surface area contributed by atoms with Gasteiger partial charge in [0.15, 0.2) is 0 Å². The van der Waals surface area contributed by atoms with Gasteiger partial charge < -0.3 is 38.3 Å². The second-order valence-corrected chi connectivity index (χ2v) is 9.86. The number of nitrogens with two attached hydrogens (primary N) is 4. The molecule has 0 fully saturated rings. The quantitative estimate of drug-likeness (QED) is 0.129. The summed E-state index contributed by atoms with van der Waals surface area (Å²) in [4.78, 5) is 0. The lowest BCUT2D eigenvalue weighted by atomic mass is 9.96. The topological polar surface area (TPSA) is 137 Å². The maximum Gasteiger partial charge on any atom is 0.119 e. The Bertz CT molecular complexity index is 589. The molecule has 35 heavy (non-hydrogen) atoms. The summed E-state index contributed by atoms with van der Waals surface area (Å²) in [5.41, 5.74) is 25.8. The Labute approximate surface area is 215 Å². The minimum atomic E-state index is 0.338. The van der Waals surface area contributed by atoms with Crippen LogP contribution >= 0.6 is 0 Å². The first kappa shape index (κ1) is 31.8. The summed E-state index contributed by atoms with van der Waals surface area (Å²) in [5.74, 6) is 1.59. The van der Waals surface area contributed by atoms with Gasteiger partial charge in [0, 0.05) is 12.1 Å². The number of unbranched alkanes of at least 4 members (excludes halogenated alkanes) is 1. The number of ether oxygens (including phenoxy) is 1. The summed E-state index contributed by atoms with van der Waals surface area (Å²) in [5, 5.41) is 7.29. The summed E-state index contributed by atoms with van der Waals surface area (Å²) >= 11 is 0. The van der Waals surface area contributed by atoms with Crippen LogP contribution in [0.2, 0.25) is 0 Å². The van der Waals surface area contributed by atoms with Crippen LogP contribution < -0.4 is 38.3 Å². The predicted molar refractivity (Wildman–Crippen MR) is 151 cm³/mol. The van der Waals surface area contributed by atoms with E-state index in [1.165, 1.54) is 30.4 Å². The summed E-state index contributed by atoms with van der Waals surface area (Å²) in [6.45, 7) is 9.88. The van der Waals surface area contributed by atoms with Crippen molar-refractivity contribution in [3.8, 4) is 5.75 Å². The highest BCUT2D eigenvalue weighted by Gasteiger charge is 2.14. The molecule has 0 saturated heterocycles. The Morgan fingerprint density at radius 2 is 1.26 bits per heavy atom. The number of hydrogen-bond acceptors (Lipinski definition) is 7. The number of rotatable bonds is 23. The monoisotopic (exact) mass is 492 g/mol. The van der Waals surface area contributed by atoms with Crippen LogP contribution in [0.3, 0.4) is 0 Å². The van der Waals surface area contributed by atoms with E-state index in [1.54, 1.807) is 0 Å².